The Morgan fingerprint density at radius 3 is 2.88 bits per heavy atom. The topological polar surface area (TPSA) is 46.9 Å². The minimum absolute atomic E-state index is 0.000299. The predicted molar refractivity (Wildman–Crippen MR) is 101 cm³/mol. The smallest absolute Gasteiger partial charge is 0.230 e. The van der Waals surface area contributed by atoms with Crippen LogP contribution in [0.5, 0.6) is 0 Å². The van der Waals surface area contributed by atoms with Gasteiger partial charge in [0.05, 0.1) is 11.4 Å². The van der Waals surface area contributed by atoms with Crippen molar-refractivity contribution in [1.29, 1.82) is 0 Å². The second-order valence-electron chi connectivity index (χ2n) is 5.77. The Hall–Kier alpha value is -1.46. The zero-order valence-corrected chi connectivity index (χ0v) is 16.0. The maximum Gasteiger partial charge on any atom is 0.230 e. The van der Waals surface area contributed by atoms with E-state index in [0.717, 1.165) is 35.8 Å². The predicted octanol–water partition coefficient (Wildman–Crippen LogP) is 4.36. The molecule has 1 heterocycles. The fraction of sp³-hybridized carbons (Fsp3) is 0.444. The summed E-state index contributed by atoms with van der Waals surface area (Å²) in [6.07, 6.45) is 2.26. The first-order chi connectivity index (χ1) is 11.5. The zero-order valence-electron chi connectivity index (χ0n) is 14.4. The Balaban J connectivity index is 1.88. The monoisotopic (exact) mass is 365 g/mol. The molecule has 0 aliphatic rings. The number of carbonyl (C=O) groups is 1. The first kappa shape index (κ1) is 18.9. The van der Waals surface area contributed by atoms with Crippen LogP contribution < -0.4 is 5.32 Å². The molecule has 0 atom stereocenters. The van der Waals surface area contributed by atoms with Crippen LogP contribution >= 0.6 is 23.4 Å². The number of rotatable bonds is 8. The molecule has 1 N–H and O–H groups in total. The lowest BCUT2D eigenvalue weighted by Gasteiger charge is -2.09. The summed E-state index contributed by atoms with van der Waals surface area (Å²) in [5, 5.41) is 4.53. The second-order valence-corrected chi connectivity index (χ2v) is 7.14. The van der Waals surface area contributed by atoms with Gasteiger partial charge in [0, 0.05) is 23.8 Å². The number of nitrogens with zero attached hydrogens (tertiary/aromatic N) is 2. The molecule has 0 bridgehead atoms. The number of hydrogen-bond donors (Lipinski definition) is 1. The van der Waals surface area contributed by atoms with E-state index >= 15 is 0 Å². The van der Waals surface area contributed by atoms with Gasteiger partial charge in [0.25, 0.3) is 0 Å². The van der Waals surface area contributed by atoms with Crippen molar-refractivity contribution >= 4 is 29.3 Å². The molecule has 6 heteroatoms. The van der Waals surface area contributed by atoms with Crippen LogP contribution in [0.3, 0.4) is 0 Å². The highest BCUT2D eigenvalue weighted by atomic mass is 35.5. The Bertz CT molecular complexity index is 700. The maximum atomic E-state index is 12.1. The number of hydrogen-bond acceptors (Lipinski definition) is 3. The Morgan fingerprint density at radius 2 is 2.17 bits per heavy atom. The largest absolute Gasteiger partial charge is 0.351 e. The Labute approximate surface area is 153 Å². The molecule has 130 valence electrons. The lowest BCUT2D eigenvalue weighted by Crippen LogP contribution is -2.24. The van der Waals surface area contributed by atoms with Crippen molar-refractivity contribution in [2.75, 3.05) is 5.75 Å². The van der Waals surface area contributed by atoms with E-state index in [4.69, 9.17) is 11.6 Å². The highest BCUT2D eigenvalue weighted by Gasteiger charge is 2.13. The van der Waals surface area contributed by atoms with Crippen molar-refractivity contribution in [3.63, 3.8) is 0 Å². The van der Waals surface area contributed by atoms with Crippen LogP contribution in [0.4, 0.5) is 0 Å². The fourth-order valence-electron chi connectivity index (χ4n) is 2.34. The molecular formula is C18H24ClN3OS. The van der Waals surface area contributed by atoms with Crippen LogP contribution in [0.2, 0.25) is 5.02 Å². The van der Waals surface area contributed by atoms with Gasteiger partial charge in [-0.2, -0.15) is 0 Å². The van der Waals surface area contributed by atoms with E-state index < -0.39 is 0 Å². The standard InChI is InChI=1S/C18H24ClN3OS/c1-4-5-9-22-14(3)13(2)21-18(22)24-12-17(23)20-11-15-7-6-8-16(19)10-15/h6-8,10H,4-5,9,11-12H2,1-3H3,(H,20,23). The number of aryl methyl sites for hydroxylation is 1. The van der Waals surface area contributed by atoms with Crippen molar-refractivity contribution in [1.82, 2.24) is 14.9 Å². The lowest BCUT2D eigenvalue weighted by atomic mass is 10.2. The van der Waals surface area contributed by atoms with E-state index in [0.29, 0.717) is 17.3 Å². The number of carbonyl (C=O) groups excluding carboxylic acids is 1. The van der Waals surface area contributed by atoms with Gasteiger partial charge in [0.2, 0.25) is 5.91 Å². The minimum Gasteiger partial charge on any atom is -0.351 e. The number of thioether (sulfide) groups is 1. The summed E-state index contributed by atoms with van der Waals surface area (Å²) in [4.78, 5) is 16.7. The molecule has 0 spiro atoms. The first-order valence-corrected chi connectivity index (χ1v) is 9.55. The number of amides is 1. The number of benzene rings is 1. The first-order valence-electron chi connectivity index (χ1n) is 8.19. The summed E-state index contributed by atoms with van der Waals surface area (Å²) in [5.74, 6) is 0.364. The van der Waals surface area contributed by atoms with Gasteiger partial charge >= 0.3 is 0 Å². The van der Waals surface area contributed by atoms with Crippen LogP contribution in [0.15, 0.2) is 29.4 Å². The summed E-state index contributed by atoms with van der Waals surface area (Å²) >= 11 is 7.44. The van der Waals surface area contributed by atoms with Gasteiger partial charge in [-0.3, -0.25) is 4.79 Å². The van der Waals surface area contributed by atoms with E-state index in [1.54, 1.807) is 0 Å². The second kappa shape index (κ2) is 9.14. The molecule has 2 rings (SSSR count). The number of aromatic nitrogens is 2. The molecule has 2 aromatic rings. The summed E-state index contributed by atoms with van der Waals surface area (Å²) < 4.78 is 2.22. The van der Waals surface area contributed by atoms with Crippen LogP contribution in [-0.2, 0) is 17.9 Å². The molecule has 0 aliphatic heterocycles. The average Bonchev–Trinajstić information content (AvgIpc) is 2.83. The maximum absolute atomic E-state index is 12.1. The molecule has 1 amide bonds. The number of nitrogens with one attached hydrogen (secondary N) is 1. The molecule has 1 aromatic heterocycles. The molecule has 0 saturated carbocycles. The van der Waals surface area contributed by atoms with Crippen LogP contribution in [0.1, 0.15) is 36.7 Å². The van der Waals surface area contributed by atoms with E-state index in [1.165, 1.54) is 17.5 Å². The molecule has 0 saturated heterocycles. The number of imidazole rings is 1. The third kappa shape index (κ3) is 5.28. The lowest BCUT2D eigenvalue weighted by molar-refractivity contribution is -0.118. The normalized spacial score (nSPS) is 10.8. The summed E-state index contributed by atoms with van der Waals surface area (Å²) in [6, 6.07) is 7.51. The molecular weight excluding hydrogens is 342 g/mol. The Morgan fingerprint density at radius 1 is 1.38 bits per heavy atom. The van der Waals surface area contributed by atoms with Crippen molar-refractivity contribution < 1.29 is 4.79 Å². The molecule has 0 aliphatic carbocycles. The van der Waals surface area contributed by atoms with E-state index in [1.807, 2.05) is 31.2 Å². The van der Waals surface area contributed by atoms with E-state index in [-0.39, 0.29) is 5.91 Å². The van der Waals surface area contributed by atoms with Crippen LogP contribution in [-0.4, -0.2) is 21.2 Å². The van der Waals surface area contributed by atoms with Gasteiger partial charge in [-0.1, -0.05) is 48.8 Å². The van der Waals surface area contributed by atoms with Gasteiger partial charge in [-0.25, -0.2) is 4.98 Å². The van der Waals surface area contributed by atoms with Crippen LogP contribution in [0, 0.1) is 13.8 Å². The number of unbranched alkanes of at least 4 members (excludes halogenated alkanes) is 1. The van der Waals surface area contributed by atoms with Gasteiger partial charge in [-0.05, 0) is 38.0 Å². The quantitative estimate of drug-likeness (QED) is 0.707. The summed E-state index contributed by atoms with van der Waals surface area (Å²) in [5.41, 5.74) is 3.22. The van der Waals surface area contributed by atoms with Crippen molar-refractivity contribution in [2.24, 2.45) is 0 Å². The molecule has 0 unspecified atom stereocenters. The van der Waals surface area contributed by atoms with Gasteiger partial charge in [0.15, 0.2) is 5.16 Å². The van der Waals surface area contributed by atoms with E-state index in [2.05, 4.69) is 28.7 Å². The SMILES string of the molecule is CCCCn1c(SCC(=O)NCc2cccc(Cl)c2)nc(C)c1C. The molecule has 0 fully saturated rings. The van der Waals surface area contributed by atoms with Gasteiger partial charge < -0.3 is 9.88 Å². The summed E-state index contributed by atoms with van der Waals surface area (Å²) in [6.45, 7) is 7.72. The summed E-state index contributed by atoms with van der Waals surface area (Å²) in [7, 11) is 0. The molecule has 24 heavy (non-hydrogen) atoms. The zero-order chi connectivity index (χ0) is 17.5. The van der Waals surface area contributed by atoms with Gasteiger partial charge in [0.1, 0.15) is 0 Å². The van der Waals surface area contributed by atoms with Crippen LogP contribution in [0.25, 0.3) is 0 Å². The fourth-order valence-corrected chi connectivity index (χ4v) is 3.50. The molecule has 0 radical (unpaired) electrons. The van der Waals surface area contributed by atoms with Crippen molar-refractivity contribution in [3.05, 3.63) is 46.2 Å². The highest BCUT2D eigenvalue weighted by Crippen LogP contribution is 2.21. The van der Waals surface area contributed by atoms with Crippen molar-refractivity contribution in [3.8, 4) is 0 Å². The third-order valence-electron chi connectivity index (χ3n) is 3.87. The van der Waals surface area contributed by atoms with Crippen molar-refractivity contribution in [2.45, 2.75) is 51.9 Å². The Kier molecular flexibility index (Phi) is 7.18. The minimum atomic E-state index is 0.000299. The van der Waals surface area contributed by atoms with E-state index in [9.17, 15) is 4.79 Å². The highest BCUT2D eigenvalue weighted by molar-refractivity contribution is 7.99. The van der Waals surface area contributed by atoms with Gasteiger partial charge in [-0.15, -0.1) is 0 Å². The average molecular weight is 366 g/mol. The number of halogens is 1. The molecule has 4 nitrogen and oxygen atoms in total. The third-order valence-corrected chi connectivity index (χ3v) is 5.08. The molecule has 1 aromatic carbocycles.